The minimum Gasteiger partial charge on any atom is -0.326 e. The Morgan fingerprint density at radius 2 is 1.18 bits per heavy atom. The average Bonchev–Trinajstić information content (AvgIpc) is 2.64. The highest BCUT2D eigenvalue weighted by Gasteiger charge is 2.17. The summed E-state index contributed by atoms with van der Waals surface area (Å²) in [6.07, 6.45) is 0. The van der Waals surface area contributed by atoms with Gasteiger partial charge >= 0.3 is 0 Å². The molecule has 2 aromatic rings. The molecule has 0 bridgehead atoms. The van der Waals surface area contributed by atoms with E-state index in [1.807, 2.05) is 6.92 Å². The molecule has 0 aliphatic rings. The molecule has 0 aliphatic carbocycles. The first kappa shape index (κ1) is 21.0. The van der Waals surface area contributed by atoms with Crippen molar-refractivity contribution in [2.24, 2.45) is 0 Å². The van der Waals surface area contributed by atoms with Gasteiger partial charge in [0.25, 0.3) is 11.8 Å². The molecule has 1 unspecified atom stereocenters. The number of rotatable bonds is 8. The van der Waals surface area contributed by atoms with Gasteiger partial charge in [-0.3, -0.25) is 14.4 Å². The van der Waals surface area contributed by atoms with E-state index >= 15 is 0 Å². The second-order valence-corrected chi connectivity index (χ2v) is 6.32. The third-order valence-corrected chi connectivity index (χ3v) is 3.94. The molecule has 8 heteroatoms. The smallest absolute Gasteiger partial charge is 0.279 e. The SMILES string of the molecule is CC[NH+](CC(=O)Nc1ccc(F)cc1)CC(=O)Nc1ccc(NC(C)=O)cc1. The summed E-state index contributed by atoms with van der Waals surface area (Å²) in [6.45, 7) is 4.13. The number of halogens is 1. The Balaban J connectivity index is 1.83. The number of anilines is 3. The van der Waals surface area contributed by atoms with Gasteiger partial charge in [0.1, 0.15) is 5.82 Å². The van der Waals surface area contributed by atoms with E-state index in [0.717, 1.165) is 4.90 Å². The Kier molecular flexibility index (Phi) is 7.65. The van der Waals surface area contributed by atoms with Gasteiger partial charge < -0.3 is 20.9 Å². The van der Waals surface area contributed by atoms with E-state index in [1.165, 1.54) is 31.2 Å². The van der Waals surface area contributed by atoms with E-state index in [-0.39, 0.29) is 36.6 Å². The van der Waals surface area contributed by atoms with Crippen LogP contribution in [0.4, 0.5) is 21.5 Å². The second kappa shape index (κ2) is 10.2. The van der Waals surface area contributed by atoms with Crippen molar-refractivity contribution in [1.82, 2.24) is 0 Å². The van der Waals surface area contributed by atoms with Gasteiger partial charge in [-0.15, -0.1) is 0 Å². The van der Waals surface area contributed by atoms with E-state index in [0.29, 0.717) is 23.6 Å². The fraction of sp³-hybridized carbons (Fsp3) is 0.250. The van der Waals surface area contributed by atoms with Crippen LogP contribution in [0.15, 0.2) is 48.5 Å². The van der Waals surface area contributed by atoms with Gasteiger partial charge in [-0.2, -0.15) is 0 Å². The minimum absolute atomic E-state index is 0.114. The highest BCUT2D eigenvalue weighted by Crippen LogP contribution is 2.13. The summed E-state index contributed by atoms with van der Waals surface area (Å²) in [5, 5.41) is 8.11. The Morgan fingerprint density at radius 3 is 1.57 bits per heavy atom. The maximum atomic E-state index is 12.9. The number of benzene rings is 2. The fourth-order valence-corrected chi connectivity index (χ4v) is 2.55. The third kappa shape index (κ3) is 7.16. The molecule has 0 saturated carbocycles. The minimum atomic E-state index is -0.374. The summed E-state index contributed by atoms with van der Waals surface area (Å²) < 4.78 is 12.9. The van der Waals surface area contributed by atoms with Gasteiger partial charge in [-0.25, -0.2) is 4.39 Å². The number of carbonyl (C=O) groups is 3. The zero-order valence-corrected chi connectivity index (χ0v) is 15.8. The monoisotopic (exact) mass is 387 g/mol. The molecular weight excluding hydrogens is 363 g/mol. The molecule has 0 aromatic heterocycles. The molecular formula is C20H24FN4O3+. The lowest BCUT2D eigenvalue weighted by atomic mass is 10.2. The molecule has 0 heterocycles. The zero-order chi connectivity index (χ0) is 20.5. The summed E-state index contributed by atoms with van der Waals surface area (Å²) >= 11 is 0. The molecule has 28 heavy (non-hydrogen) atoms. The van der Waals surface area contributed by atoms with E-state index in [1.54, 1.807) is 24.3 Å². The molecule has 148 valence electrons. The topological polar surface area (TPSA) is 91.7 Å². The maximum absolute atomic E-state index is 12.9. The van der Waals surface area contributed by atoms with Crippen LogP contribution < -0.4 is 20.9 Å². The van der Waals surface area contributed by atoms with E-state index in [2.05, 4.69) is 16.0 Å². The average molecular weight is 387 g/mol. The molecule has 1 atom stereocenters. The molecule has 3 amide bonds. The van der Waals surface area contributed by atoms with Crippen LogP contribution >= 0.6 is 0 Å². The summed E-state index contributed by atoms with van der Waals surface area (Å²) in [5.41, 5.74) is 1.75. The van der Waals surface area contributed by atoms with Crippen molar-refractivity contribution < 1.29 is 23.7 Å². The van der Waals surface area contributed by atoms with Crippen molar-refractivity contribution in [3.63, 3.8) is 0 Å². The fourth-order valence-electron chi connectivity index (χ4n) is 2.55. The number of quaternary nitrogens is 1. The summed E-state index contributed by atoms with van der Waals surface area (Å²) in [6, 6.07) is 12.3. The van der Waals surface area contributed by atoms with Gasteiger partial charge in [0, 0.05) is 24.0 Å². The first-order chi connectivity index (χ1) is 13.4. The van der Waals surface area contributed by atoms with Crippen LogP contribution in [0.3, 0.4) is 0 Å². The molecule has 0 radical (unpaired) electrons. The van der Waals surface area contributed by atoms with Crippen LogP contribution in [-0.4, -0.2) is 37.4 Å². The standard InChI is InChI=1S/C20H23FN4O3/c1-3-25(12-19(27)23-17-6-4-15(21)5-7-17)13-20(28)24-18-10-8-16(9-11-18)22-14(2)26/h4-11H,3,12-13H2,1-2H3,(H,22,26)(H,23,27)(H,24,28)/p+1. The Bertz CT molecular complexity index is 822. The van der Waals surface area contributed by atoms with Gasteiger partial charge in [0.05, 0.1) is 6.54 Å². The van der Waals surface area contributed by atoms with E-state index < -0.39 is 0 Å². The van der Waals surface area contributed by atoms with Crippen LogP contribution in [-0.2, 0) is 14.4 Å². The Morgan fingerprint density at radius 1 is 0.786 bits per heavy atom. The van der Waals surface area contributed by atoms with Crippen LogP contribution in [0.2, 0.25) is 0 Å². The Labute approximate surface area is 162 Å². The number of nitrogens with one attached hydrogen (secondary N) is 4. The predicted octanol–water partition coefficient (Wildman–Crippen LogP) is 1.27. The molecule has 0 fully saturated rings. The predicted molar refractivity (Wildman–Crippen MR) is 106 cm³/mol. The van der Waals surface area contributed by atoms with Crippen LogP contribution in [0.5, 0.6) is 0 Å². The number of hydrogen-bond acceptors (Lipinski definition) is 3. The zero-order valence-electron chi connectivity index (χ0n) is 15.8. The van der Waals surface area contributed by atoms with Crippen LogP contribution in [0.1, 0.15) is 13.8 Å². The summed E-state index contributed by atoms with van der Waals surface area (Å²) in [5.74, 6) is -1.02. The first-order valence-corrected chi connectivity index (χ1v) is 8.92. The highest BCUT2D eigenvalue weighted by molar-refractivity contribution is 5.93. The molecule has 0 spiro atoms. The second-order valence-electron chi connectivity index (χ2n) is 6.32. The molecule has 0 aliphatic heterocycles. The lowest BCUT2D eigenvalue weighted by molar-refractivity contribution is -0.881. The molecule has 0 saturated heterocycles. The Hall–Kier alpha value is -3.26. The summed E-state index contributed by atoms with van der Waals surface area (Å²) in [7, 11) is 0. The van der Waals surface area contributed by atoms with Gasteiger partial charge in [-0.1, -0.05) is 0 Å². The lowest BCUT2D eigenvalue weighted by Gasteiger charge is -2.17. The number of amides is 3. The van der Waals surface area contributed by atoms with Crippen molar-refractivity contribution in [2.75, 3.05) is 35.6 Å². The number of carbonyl (C=O) groups excluding carboxylic acids is 3. The van der Waals surface area contributed by atoms with Gasteiger partial charge in [-0.05, 0) is 55.5 Å². The molecule has 4 N–H and O–H groups in total. The van der Waals surface area contributed by atoms with Crippen molar-refractivity contribution in [3.05, 3.63) is 54.3 Å². The van der Waals surface area contributed by atoms with Crippen LogP contribution in [0, 0.1) is 5.82 Å². The van der Waals surface area contributed by atoms with Crippen molar-refractivity contribution in [3.8, 4) is 0 Å². The first-order valence-electron chi connectivity index (χ1n) is 8.92. The maximum Gasteiger partial charge on any atom is 0.279 e. The van der Waals surface area contributed by atoms with Crippen molar-refractivity contribution >= 4 is 34.8 Å². The lowest BCUT2D eigenvalue weighted by Crippen LogP contribution is -3.13. The normalized spacial score (nSPS) is 11.4. The van der Waals surface area contributed by atoms with Gasteiger partial charge in [0.2, 0.25) is 5.91 Å². The quantitative estimate of drug-likeness (QED) is 0.550. The largest absolute Gasteiger partial charge is 0.326 e. The molecule has 2 aromatic carbocycles. The number of hydrogen-bond donors (Lipinski definition) is 4. The summed E-state index contributed by atoms with van der Waals surface area (Å²) in [4.78, 5) is 36.2. The highest BCUT2D eigenvalue weighted by atomic mass is 19.1. The third-order valence-electron chi connectivity index (χ3n) is 3.94. The number of likely N-dealkylation sites (N-methyl/N-ethyl adjacent to an activating group) is 1. The molecule has 7 nitrogen and oxygen atoms in total. The van der Waals surface area contributed by atoms with Gasteiger partial charge in [0.15, 0.2) is 13.1 Å². The van der Waals surface area contributed by atoms with Crippen molar-refractivity contribution in [1.29, 1.82) is 0 Å². The van der Waals surface area contributed by atoms with E-state index in [9.17, 15) is 18.8 Å². The van der Waals surface area contributed by atoms with E-state index in [4.69, 9.17) is 0 Å². The van der Waals surface area contributed by atoms with Crippen molar-refractivity contribution in [2.45, 2.75) is 13.8 Å². The molecule has 2 rings (SSSR count). The van der Waals surface area contributed by atoms with Crippen LogP contribution in [0.25, 0.3) is 0 Å².